The topological polar surface area (TPSA) is 82.0 Å². The Balaban J connectivity index is 1.62. The van der Waals surface area contributed by atoms with E-state index in [9.17, 15) is 9.90 Å². The molecule has 6 heteroatoms. The van der Waals surface area contributed by atoms with Crippen molar-refractivity contribution in [3.63, 3.8) is 0 Å². The van der Waals surface area contributed by atoms with Crippen LogP contribution < -0.4 is 15.1 Å². The average Bonchev–Trinajstić information content (AvgIpc) is 3.16. The van der Waals surface area contributed by atoms with E-state index in [0.717, 1.165) is 16.7 Å². The molecule has 29 heavy (non-hydrogen) atoms. The summed E-state index contributed by atoms with van der Waals surface area (Å²) in [7, 11) is 1.62. The zero-order valence-corrected chi connectivity index (χ0v) is 16.3. The third kappa shape index (κ3) is 3.57. The highest BCUT2D eigenvalue weighted by atomic mass is 16.5. The minimum absolute atomic E-state index is 0.0842. The van der Waals surface area contributed by atoms with Crippen molar-refractivity contribution < 1.29 is 23.4 Å². The summed E-state index contributed by atoms with van der Waals surface area (Å²) in [6.07, 6.45) is 0. The van der Waals surface area contributed by atoms with Crippen LogP contribution in [0.2, 0.25) is 0 Å². The molecule has 0 saturated heterocycles. The molecule has 4 rings (SSSR count). The molecule has 4 aromatic rings. The Bertz CT molecular complexity index is 1250. The van der Waals surface area contributed by atoms with Crippen LogP contribution in [0.5, 0.6) is 17.2 Å². The molecule has 2 heterocycles. The smallest absolute Gasteiger partial charge is 0.343 e. The van der Waals surface area contributed by atoms with Crippen LogP contribution in [-0.2, 0) is 6.61 Å². The molecule has 6 nitrogen and oxygen atoms in total. The largest absolute Gasteiger partial charge is 0.507 e. The summed E-state index contributed by atoms with van der Waals surface area (Å²) in [4.78, 5) is 11.9. The molecular formula is C23H20O6. The van der Waals surface area contributed by atoms with E-state index in [1.54, 1.807) is 26.2 Å². The molecule has 0 aliphatic carbocycles. The van der Waals surface area contributed by atoms with Gasteiger partial charge < -0.3 is 23.4 Å². The number of furan rings is 1. The summed E-state index contributed by atoms with van der Waals surface area (Å²) in [5.74, 6) is 1.92. The quantitative estimate of drug-likeness (QED) is 0.517. The summed E-state index contributed by atoms with van der Waals surface area (Å²) in [5.41, 5.74) is 1.61. The van der Waals surface area contributed by atoms with Crippen molar-refractivity contribution in [2.24, 2.45) is 0 Å². The molecule has 0 amide bonds. The number of hydrogen-bond donors (Lipinski definition) is 1. The molecule has 0 aliphatic heterocycles. The Morgan fingerprint density at radius 1 is 0.966 bits per heavy atom. The Morgan fingerprint density at radius 3 is 2.59 bits per heavy atom. The van der Waals surface area contributed by atoms with Gasteiger partial charge in [-0.05, 0) is 49.7 Å². The van der Waals surface area contributed by atoms with E-state index >= 15 is 0 Å². The number of fused-ring (bicyclic) bond motifs is 1. The van der Waals surface area contributed by atoms with Crippen LogP contribution in [0.4, 0.5) is 0 Å². The van der Waals surface area contributed by atoms with Gasteiger partial charge in [0.25, 0.3) is 0 Å². The first kappa shape index (κ1) is 18.7. The van der Waals surface area contributed by atoms with Crippen LogP contribution in [0.15, 0.2) is 62.2 Å². The Hall–Kier alpha value is -3.67. The van der Waals surface area contributed by atoms with Gasteiger partial charge in [-0.1, -0.05) is 12.1 Å². The maximum absolute atomic E-state index is 11.9. The zero-order chi connectivity index (χ0) is 20.5. The summed E-state index contributed by atoms with van der Waals surface area (Å²) in [5, 5.41) is 11.0. The number of hydrogen-bond acceptors (Lipinski definition) is 6. The summed E-state index contributed by atoms with van der Waals surface area (Å²) >= 11 is 0. The van der Waals surface area contributed by atoms with Gasteiger partial charge >= 0.3 is 5.63 Å². The van der Waals surface area contributed by atoms with Gasteiger partial charge in [0.1, 0.15) is 29.4 Å². The molecule has 1 N–H and O–H groups in total. The SMILES string of the molecule is COc1cccc(COc2ccc3cc(-c4oc(=O)c(C)c(O)c4C)oc3c2)c1. The molecule has 0 bridgehead atoms. The minimum Gasteiger partial charge on any atom is -0.507 e. The fourth-order valence-corrected chi connectivity index (χ4v) is 3.11. The fraction of sp³-hybridized carbons (Fsp3) is 0.174. The van der Waals surface area contributed by atoms with Crippen LogP contribution in [0.25, 0.3) is 22.5 Å². The highest BCUT2D eigenvalue weighted by molar-refractivity contribution is 5.83. The van der Waals surface area contributed by atoms with Crippen molar-refractivity contribution in [1.82, 2.24) is 0 Å². The third-order valence-corrected chi connectivity index (χ3v) is 4.81. The van der Waals surface area contributed by atoms with E-state index in [2.05, 4.69) is 0 Å². The maximum Gasteiger partial charge on any atom is 0.343 e. The number of benzene rings is 2. The van der Waals surface area contributed by atoms with Crippen molar-refractivity contribution in [3.8, 4) is 28.8 Å². The van der Waals surface area contributed by atoms with Gasteiger partial charge in [0, 0.05) is 17.0 Å². The van der Waals surface area contributed by atoms with E-state index in [-0.39, 0.29) is 17.1 Å². The van der Waals surface area contributed by atoms with Crippen LogP contribution in [0.1, 0.15) is 16.7 Å². The Labute approximate surface area is 166 Å². The molecule has 148 valence electrons. The third-order valence-electron chi connectivity index (χ3n) is 4.81. The summed E-state index contributed by atoms with van der Waals surface area (Å²) < 4.78 is 22.3. The number of methoxy groups -OCH3 is 1. The number of ether oxygens (including phenoxy) is 2. The van der Waals surface area contributed by atoms with E-state index in [1.165, 1.54) is 6.92 Å². The number of rotatable bonds is 5. The first-order valence-corrected chi connectivity index (χ1v) is 9.09. The van der Waals surface area contributed by atoms with E-state index < -0.39 is 5.63 Å². The van der Waals surface area contributed by atoms with Gasteiger partial charge in [-0.15, -0.1) is 0 Å². The van der Waals surface area contributed by atoms with Crippen molar-refractivity contribution in [2.45, 2.75) is 20.5 Å². The first-order chi connectivity index (χ1) is 14.0. The molecule has 0 fully saturated rings. The van der Waals surface area contributed by atoms with Gasteiger partial charge in [0.15, 0.2) is 11.5 Å². The normalized spacial score (nSPS) is 11.0. The van der Waals surface area contributed by atoms with Gasteiger partial charge in [-0.2, -0.15) is 0 Å². The monoisotopic (exact) mass is 392 g/mol. The standard InChI is InChI=1S/C23H20O6/c1-13-21(24)14(2)23(25)29-22(13)20-10-16-7-8-18(11-19(16)28-20)27-12-15-5-4-6-17(9-15)26-3/h4-11,24H,12H2,1-3H3. The predicted octanol–water partition coefficient (Wildman–Crippen LogP) is 4.96. The first-order valence-electron chi connectivity index (χ1n) is 9.09. The second-order valence-electron chi connectivity index (χ2n) is 6.77. The van der Waals surface area contributed by atoms with Gasteiger partial charge in [-0.25, -0.2) is 4.79 Å². The Morgan fingerprint density at radius 2 is 1.79 bits per heavy atom. The average molecular weight is 392 g/mol. The van der Waals surface area contributed by atoms with Crippen LogP contribution >= 0.6 is 0 Å². The van der Waals surface area contributed by atoms with Gasteiger partial charge in [0.05, 0.1) is 12.7 Å². The molecule has 0 spiro atoms. The van der Waals surface area contributed by atoms with Crippen molar-refractivity contribution >= 4 is 11.0 Å². The maximum atomic E-state index is 11.9. The lowest BCUT2D eigenvalue weighted by atomic mass is 10.1. The second-order valence-corrected chi connectivity index (χ2v) is 6.77. The van der Waals surface area contributed by atoms with E-state index in [0.29, 0.717) is 29.3 Å². The van der Waals surface area contributed by atoms with Crippen LogP contribution in [0.3, 0.4) is 0 Å². The molecular weight excluding hydrogens is 372 g/mol. The van der Waals surface area contributed by atoms with Gasteiger partial charge in [-0.3, -0.25) is 0 Å². The highest BCUT2D eigenvalue weighted by Gasteiger charge is 2.18. The molecule has 0 unspecified atom stereocenters. The summed E-state index contributed by atoms with van der Waals surface area (Å²) in [6.45, 7) is 3.58. The Kier molecular flexibility index (Phi) is 4.76. The molecule has 0 atom stereocenters. The van der Waals surface area contributed by atoms with Crippen LogP contribution in [0, 0.1) is 13.8 Å². The van der Waals surface area contributed by atoms with E-state index in [4.69, 9.17) is 18.3 Å². The molecule has 0 aliphatic rings. The second kappa shape index (κ2) is 7.39. The lowest BCUT2D eigenvalue weighted by Crippen LogP contribution is -2.05. The van der Waals surface area contributed by atoms with Crippen LogP contribution in [-0.4, -0.2) is 12.2 Å². The molecule has 0 saturated carbocycles. The molecule has 2 aromatic carbocycles. The highest BCUT2D eigenvalue weighted by Crippen LogP contribution is 2.34. The zero-order valence-electron chi connectivity index (χ0n) is 16.3. The summed E-state index contributed by atoms with van der Waals surface area (Å²) in [6, 6.07) is 14.9. The fourth-order valence-electron chi connectivity index (χ4n) is 3.11. The predicted molar refractivity (Wildman–Crippen MR) is 109 cm³/mol. The molecule has 0 radical (unpaired) electrons. The van der Waals surface area contributed by atoms with E-state index in [1.807, 2.05) is 36.4 Å². The van der Waals surface area contributed by atoms with Crippen molar-refractivity contribution in [1.29, 1.82) is 0 Å². The van der Waals surface area contributed by atoms with Crippen molar-refractivity contribution in [2.75, 3.05) is 7.11 Å². The lowest BCUT2D eigenvalue weighted by molar-refractivity contribution is 0.305. The van der Waals surface area contributed by atoms with Gasteiger partial charge in [0.2, 0.25) is 0 Å². The molecule has 2 aromatic heterocycles. The lowest BCUT2D eigenvalue weighted by Gasteiger charge is -2.07. The number of aromatic hydroxyl groups is 1. The minimum atomic E-state index is -0.592. The van der Waals surface area contributed by atoms with Crippen molar-refractivity contribution in [3.05, 3.63) is 75.6 Å².